The van der Waals surface area contributed by atoms with Gasteiger partial charge in [-0.3, -0.25) is 9.30 Å². The Kier molecular flexibility index (Phi) is 5.60. The molecule has 0 saturated carbocycles. The smallest absolute Gasteiger partial charge is 0.338 e. The summed E-state index contributed by atoms with van der Waals surface area (Å²) in [5, 5.41) is 0. The Labute approximate surface area is 162 Å². The summed E-state index contributed by atoms with van der Waals surface area (Å²) in [4.78, 5) is 17.4. The minimum Gasteiger partial charge on any atom is -0.457 e. The minimum absolute atomic E-state index is 0.176. The summed E-state index contributed by atoms with van der Waals surface area (Å²) < 4.78 is 32.2. The van der Waals surface area contributed by atoms with Crippen molar-refractivity contribution in [1.29, 1.82) is 0 Å². The van der Waals surface area contributed by atoms with E-state index < -0.39 is 10.0 Å². The molecule has 2 aliphatic rings. The third-order valence-corrected chi connectivity index (χ3v) is 7.85. The number of hydrogen-bond donors (Lipinski definition) is 0. The monoisotopic (exact) mass is 414 g/mol. The standard InChI is InChI=1S/C17H22N2O4S3/c1-5-12-9-24-17(18-12)25-15-7-13-11(8-23-16(13)20)6-14(15)19(10(2)3)26(4,21)22/h6-7,10,12H,5,8-9H2,1-4H3. The maximum atomic E-state index is 12.4. The number of esters is 1. The van der Waals surface area contributed by atoms with Gasteiger partial charge in [-0.1, -0.05) is 30.4 Å². The van der Waals surface area contributed by atoms with Crippen LogP contribution >= 0.6 is 23.5 Å². The van der Waals surface area contributed by atoms with E-state index in [1.165, 1.54) is 22.3 Å². The minimum atomic E-state index is -3.47. The van der Waals surface area contributed by atoms with Crippen LogP contribution in [0.3, 0.4) is 0 Å². The van der Waals surface area contributed by atoms with Crippen LogP contribution in [0.15, 0.2) is 22.0 Å². The molecule has 0 bridgehead atoms. The van der Waals surface area contributed by atoms with Crippen molar-refractivity contribution in [2.75, 3.05) is 16.3 Å². The lowest BCUT2D eigenvalue weighted by molar-refractivity contribution is 0.0535. The van der Waals surface area contributed by atoms with Gasteiger partial charge in [0.25, 0.3) is 0 Å². The van der Waals surface area contributed by atoms with E-state index in [-0.39, 0.29) is 18.6 Å². The molecule has 2 heterocycles. The van der Waals surface area contributed by atoms with E-state index in [2.05, 4.69) is 11.9 Å². The van der Waals surface area contributed by atoms with Crippen molar-refractivity contribution in [3.63, 3.8) is 0 Å². The Hall–Kier alpha value is -1.19. The van der Waals surface area contributed by atoms with Gasteiger partial charge in [0.05, 0.1) is 23.5 Å². The number of carbonyl (C=O) groups is 1. The van der Waals surface area contributed by atoms with Crippen LogP contribution in [0.2, 0.25) is 0 Å². The number of aliphatic imine (C=N–C) groups is 1. The lowest BCUT2D eigenvalue weighted by Crippen LogP contribution is -2.36. The number of benzene rings is 1. The molecule has 0 aliphatic carbocycles. The molecule has 1 aromatic rings. The summed E-state index contributed by atoms with van der Waals surface area (Å²) in [5.74, 6) is 0.567. The number of anilines is 1. The molecule has 0 spiro atoms. The Bertz CT molecular complexity index is 865. The molecule has 0 fully saturated rings. The normalized spacial score (nSPS) is 19.5. The van der Waals surface area contributed by atoms with Crippen LogP contribution < -0.4 is 4.31 Å². The molecule has 0 aromatic heterocycles. The van der Waals surface area contributed by atoms with Crippen LogP contribution in [0.1, 0.15) is 43.1 Å². The first-order chi connectivity index (χ1) is 12.2. The van der Waals surface area contributed by atoms with Gasteiger partial charge in [-0.15, -0.1) is 0 Å². The van der Waals surface area contributed by atoms with Crippen molar-refractivity contribution in [2.24, 2.45) is 4.99 Å². The summed E-state index contributed by atoms with van der Waals surface area (Å²) in [6.07, 6.45) is 2.17. The SMILES string of the molecule is CCC1CSC(Sc2cc3c(cc2N(C(C)C)S(C)(=O)=O)COC3=O)=N1. The summed E-state index contributed by atoms with van der Waals surface area (Å²) in [7, 11) is -3.47. The third kappa shape index (κ3) is 3.89. The highest BCUT2D eigenvalue weighted by Gasteiger charge is 2.30. The maximum absolute atomic E-state index is 12.4. The Balaban J connectivity index is 2.09. The number of fused-ring (bicyclic) bond motifs is 1. The number of sulfonamides is 1. The van der Waals surface area contributed by atoms with E-state index in [4.69, 9.17) is 4.74 Å². The molecule has 26 heavy (non-hydrogen) atoms. The lowest BCUT2D eigenvalue weighted by Gasteiger charge is -2.28. The van der Waals surface area contributed by atoms with Gasteiger partial charge < -0.3 is 4.74 Å². The first-order valence-electron chi connectivity index (χ1n) is 8.42. The molecule has 0 saturated heterocycles. The average Bonchev–Trinajstić information content (AvgIpc) is 3.13. The van der Waals surface area contributed by atoms with Crippen molar-refractivity contribution in [3.8, 4) is 0 Å². The largest absolute Gasteiger partial charge is 0.457 e. The van der Waals surface area contributed by atoms with Gasteiger partial charge in [0.15, 0.2) is 0 Å². The van der Waals surface area contributed by atoms with E-state index in [1.807, 2.05) is 13.8 Å². The van der Waals surface area contributed by atoms with E-state index in [9.17, 15) is 13.2 Å². The molecule has 2 aliphatic heterocycles. The van der Waals surface area contributed by atoms with Gasteiger partial charge in [0.2, 0.25) is 10.0 Å². The van der Waals surface area contributed by atoms with Crippen LogP contribution in [0.4, 0.5) is 5.69 Å². The fourth-order valence-electron chi connectivity index (χ4n) is 2.99. The van der Waals surface area contributed by atoms with E-state index in [0.29, 0.717) is 22.2 Å². The van der Waals surface area contributed by atoms with E-state index in [0.717, 1.165) is 22.1 Å². The quantitative estimate of drug-likeness (QED) is 0.687. The van der Waals surface area contributed by atoms with E-state index in [1.54, 1.807) is 23.9 Å². The van der Waals surface area contributed by atoms with Gasteiger partial charge >= 0.3 is 5.97 Å². The van der Waals surface area contributed by atoms with Gasteiger partial charge in [0, 0.05) is 22.3 Å². The Morgan fingerprint density at radius 3 is 2.73 bits per heavy atom. The zero-order valence-electron chi connectivity index (χ0n) is 15.2. The first kappa shape index (κ1) is 19.6. The molecule has 6 nitrogen and oxygen atoms in total. The molecule has 0 N–H and O–H groups in total. The highest BCUT2D eigenvalue weighted by atomic mass is 32.2. The summed E-state index contributed by atoms with van der Waals surface area (Å²) in [5.41, 5.74) is 1.80. The highest BCUT2D eigenvalue weighted by Crippen LogP contribution is 2.41. The number of ether oxygens (including phenoxy) is 1. The molecular formula is C17H22N2O4S3. The fourth-order valence-corrected chi connectivity index (χ4v) is 6.72. The van der Waals surface area contributed by atoms with Gasteiger partial charge in [0.1, 0.15) is 11.0 Å². The van der Waals surface area contributed by atoms with Crippen LogP contribution in [0.5, 0.6) is 0 Å². The Morgan fingerprint density at radius 1 is 1.42 bits per heavy atom. The van der Waals surface area contributed by atoms with Crippen LogP contribution in [-0.4, -0.2) is 42.9 Å². The molecule has 1 aromatic carbocycles. The molecule has 3 rings (SSSR count). The lowest BCUT2D eigenvalue weighted by atomic mass is 10.1. The molecule has 0 radical (unpaired) electrons. The van der Waals surface area contributed by atoms with Crippen LogP contribution in [0.25, 0.3) is 0 Å². The van der Waals surface area contributed by atoms with Crippen molar-refractivity contribution in [3.05, 3.63) is 23.3 Å². The molecule has 142 valence electrons. The second-order valence-corrected chi connectivity index (χ2v) is 10.7. The topological polar surface area (TPSA) is 76.0 Å². The molecule has 0 amide bonds. The molecule has 9 heteroatoms. The third-order valence-electron chi connectivity index (χ3n) is 4.18. The number of hydrogen-bond acceptors (Lipinski definition) is 7. The van der Waals surface area contributed by atoms with Gasteiger partial charge in [-0.05, 0) is 32.4 Å². The number of cyclic esters (lactones) is 1. The number of nitrogens with zero attached hydrogens (tertiary/aromatic N) is 2. The van der Waals surface area contributed by atoms with Crippen molar-refractivity contribution in [1.82, 2.24) is 0 Å². The zero-order chi connectivity index (χ0) is 19.1. The Morgan fingerprint density at radius 2 is 2.15 bits per heavy atom. The number of carbonyl (C=O) groups excluding carboxylic acids is 1. The van der Waals surface area contributed by atoms with Crippen molar-refractivity contribution < 1.29 is 17.9 Å². The summed E-state index contributed by atoms with van der Waals surface area (Å²) in [6, 6.07) is 3.55. The maximum Gasteiger partial charge on any atom is 0.338 e. The van der Waals surface area contributed by atoms with Gasteiger partial charge in [-0.2, -0.15) is 0 Å². The van der Waals surface area contributed by atoms with Gasteiger partial charge in [-0.25, -0.2) is 13.2 Å². The van der Waals surface area contributed by atoms with Crippen molar-refractivity contribution in [2.45, 2.75) is 50.8 Å². The van der Waals surface area contributed by atoms with Crippen LogP contribution in [-0.2, 0) is 21.4 Å². The molecule has 1 atom stereocenters. The second-order valence-electron chi connectivity index (χ2n) is 6.58. The number of rotatable bonds is 5. The van der Waals surface area contributed by atoms with Crippen LogP contribution in [0, 0.1) is 0 Å². The van der Waals surface area contributed by atoms with Crippen molar-refractivity contribution >= 4 is 49.6 Å². The van der Waals surface area contributed by atoms with E-state index >= 15 is 0 Å². The molecular weight excluding hydrogens is 392 g/mol. The fraction of sp³-hybridized carbons (Fsp3) is 0.529. The number of thioether (sulfide) groups is 2. The zero-order valence-corrected chi connectivity index (χ0v) is 17.6. The predicted molar refractivity (Wildman–Crippen MR) is 108 cm³/mol. The average molecular weight is 415 g/mol. The highest BCUT2D eigenvalue weighted by molar-refractivity contribution is 8.39. The predicted octanol–water partition coefficient (Wildman–Crippen LogP) is 3.50. The second kappa shape index (κ2) is 7.44. The summed E-state index contributed by atoms with van der Waals surface area (Å²) in [6.45, 7) is 5.94. The summed E-state index contributed by atoms with van der Waals surface area (Å²) >= 11 is 3.10. The first-order valence-corrected chi connectivity index (χ1v) is 12.1. The molecule has 1 unspecified atom stereocenters.